The lowest BCUT2D eigenvalue weighted by molar-refractivity contribution is -0.135. The quantitative estimate of drug-likeness (QED) is 0.311. The zero-order valence-corrected chi connectivity index (χ0v) is 21.1. The molecule has 3 heterocycles. The molecule has 2 aromatic carbocycles. The number of hydrogen-bond acceptors (Lipinski definition) is 7. The number of nitrogens with zero attached hydrogens (tertiary/aromatic N) is 4. The molecule has 0 saturated carbocycles. The number of aromatic nitrogens is 1. The summed E-state index contributed by atoms with van der Waals surface area (Å²) in [5.41, 5.74) is 1.26. The summed E-state index contributed by atoms with van der Waals surface area (Å²) in [5.74, 6) is 2.03. The summed E-state index contributed by atoms with van der Waals surface area (Å²) in [6.07, 6.45) is 3.79. The minimum atomic E-state index is -0.103. The van der Waals surface area contributed by atoms with E-state index in [1.807, 2.05) is 35.0 Å². The molecule has 1 amide bonds. The molecule has 1 aliphatic heterocycles. The molecule has 1 aliphatic rings. The van der Waals surface area contributed by atoms with Gasteiger partial charge in [-0.3, -0.25) is 4.79 Å². The van der Waals surface area contributed by atoms with Crippen LogP contribution in [0.4, 0.5) is 5.88 Å². The van der Waals surface area contributed by atoms with E-state index in [9.17, 15) is 10.1 Å². The van der Waals surface area contributed by atoms with Crippen LogP contribution >= 0.6 is 0 Å². The van der Waals surface area contributed by atoms with Crippen molar-refractivity contribution in [2.24, 2.45) is 5.92 Å². The third-order valence-corrected chi connectivity index (χ3v) is 6.81. The van der Waals surface area contributed by atoms with E-state index in [4.69, 9.17) is 13.6 Å². The highest BCUT2D eigenvalue weighted by Crippen LogP contribution is 2.33. The summed E-state index contributed by atoms with van der Waals surface area (Å²) >= 11 is 0. The van der Waals surface area contributed by atoms with Crippen LogP contribution < -0.4 is 9.64 Å². The van der Waals surface area contributed by atoms with Gasteiger partial charge in [0.15, 0.2) is 5.76 Å². The van der Waals surface area contributed by atoms with Gasteiger partial charge < -0.3 is 23.4 Å². The minimum absolute atomic E-state index is 0.103. The Kier molecular flexibility index (Phi) is 7.13. The van der Waals surface area contributed by atoms with Crippen molar-refractivity contribution >= 4 is 22.6 Å². The van der Waals surface area contributed by atoms with E-state index in [-0.39, 0.29) is 23.4 Å². The number of carbonyl (C=O) groups is 1. The molecule has 0 bridgehead atoms. The van der Waals surface area contributed by atoms with Crippen LogP contribution in [0.5, 0.6) is 5.75 Å². The van der Waals surface area contributed by atoms with Gasteiger partial charge in [-0.15, -0.1) is 0 Å². The van der Waals surface area contributed by atoms with Gasteiger partial charge in [0, 0.05) is 38.2 Å². The molecule has 190 valence electrons. The number of benzene rings is 2. The van der Waals surface area contributed by atoms with E-state index in [1.54, 1.807) is 12.1 Å². The molecule has 0 aliphatic carbocycles. The zero-order valence-electron chi connectivity index (χ0n) is 21.1. The van der Waals surface area contributed by atoms with Gasteiger partial charge in [0.25, 0.3) is 5.89 Å². The first-order valence-corrected chi connectivity index (χ1v) is 12.7. The minimum Gasteiger partial charge on any atom is -0.493 e. The van der Waals surface area contributed by atoms with E-state index in [2.05, 4.69) is 36.2 Å². The van der Waals surface area contributed by atoms with Crippen molar-refractivity contribution in [2.45, 2.75) is 32.7 Å². The second kappa shape index (κ2) is 10.8. The van der Waals surface area contributed by atoms with Crippen LogP contribution in [0.25, 0.3) is 22.4 Å². The number of nitriles is 1. The summed E-state index contributed by atoms with van der Waals surface area (Å²) in [7, 11) is 1.86. The first-order valence-electron chi connectivity index (χ1n) is 12.7. The van der Waals surface area contributed by atoms with Crippen molar-refractivity contribution in [2.75, 3.05) is 31.6 Å². The number of oxazole rings is 1. The second-order valence-electron chi connectivity index (χ2n) is 9.33. The van der Waals surface area contributed by atoms with Crippen molar-refractivity contribution in [3.63, 3.8) is 0 Å². The maximum absolute atomic E-state index is 13.5. The molecule has 5 rings (SSSR count). The summed E-state index contributed by atoms with van der Waals surface area (Å²) in [5, 5.41) is 11.8. The van der Waals surface area contributed by atoms with Gasteiger partial charge in [0.1, 0.15) is 11.8 Å². The van der Waals surface area contributed by atoms with Crippen LogP contribution in [0.3, 0.4) is 0 Å². The highest BCUT2D eigenvalue weighted by molar-refractivity contribution is 5.88. The van der Waals surface area contributed by atoms with Gasteiger partial charge in [-0.2, -0.15) is 10.2 Å². The Morgan fingerprint density at radius 3 is 2.73 bits per heavy atom. The number of anilines is 1. The molecule has 4 aromatic rings. The predicted octanol–water partition coefficient (Wildman–Crippen LogP) is 5.62. The number of ether oxygens (including phenoxy) is 1. The molecule has 2 aromatic heterocycles. The average Bonchev–Trinajstić information content (AvgIpc) is 3.62. The predicted molar refractivity (Wildman–Crippen MR) is 140 cm³/mol. The Morgan fingerprint density at radius 1 is 1.19 bits per heavy atom. The number of piperidine rings is 1. The van der Waals surface area contributed by atoms with Gasteiger partial charge in [-0.25, -0.2) is 0 Å². The Balaban J connectivity index is 1.27. The topological polar surface area (TPSA) is 95.7 Å². The first kappa shape index (κ1) is 24.4. The first-order chi connectivity index (χ1) is 18.1. The highest BCUT2D eigenvalue weighted by Gasteiger charge is 2.31. The number of furan rings is 1. The lowest BCUT2D eigenvalue weighted by atomic mass is 9.95. The van der Waals surface area contributed by atoms with Crippen LogP contribution in [-0.2, 0) is 11.3 Å². The molecule has 8 heteroatoms. The molecule has 0 N–H and O–H groups in total. The average molecular weight is 499 g/mol. The van der Waals surface area contributed by atoms with Crippen LogP contribution in [0, 0.1) is 17.2 Å². The molecule has 0 radical (unpaired) electrons. The molecular formula is C29H30N4O4. The van der Waals surface area contributed by atoms with Gasteiger partial charge in [-0.05, 0) is 48.2 Å². The molecule has 0 atom stereocenters. The van der Waals surface area contributed by atoms with Crippen LogP contribution in [0.1, 0.15) is 37.4 Å². The van der Waals surface area contributed by atoms with Gasteiger partial charge in [-0.1, -0.05) is 37.3 Å². The molecular weight excluding hydrogens is 468 g/mol. The number of carbonyl (C=O) groups excluding carboxylic acids is 1. The normalized spacial score (nSPS) is 14.0. The molecule has 0 unspecified atom stereocenters. The van der Waals surface area contributed by atoms with Crippen molar-refractivity contribution in [3.8, 4) is 23.5 Å². The van der Waals surface area contributed by atoms with Gasteiger partial charge >= 0.3 is 0 Å². The number of amides is 1. The Morgan fingerprint density at radius 2 is 2.00 bits per heavy atom. The third kappa shape index (κ3) is 5.03. The molecule has 0 spiro atoms. The Labute approximate surface area is 216 Å². The van der Waals surface area contributed by atoms with E-state index in [0.29, 0.717) is 50.7 Å². The SMILES string of the molecule is CCCOc1ccc2ccccc2c1CN(C)C(=O)C1CCN(c2oc(-c3ccco3)nc2C#N)CC1. The fourth-order valence-corrected chi connectivity index (χ4v) is 4.89. The lowest BCUT2D eigenvalue weighted by Crippen LogP contribution is -2.41. The third-order valence-electron chi connectivity index (χ3n) is 6.81. The maximum atomic E-state index is 13.5. The maximum Gasteiger partial charge on any atom is 0.266 e. The van der Waals surface area contributed by atoms with E-state index in [1.165, 1.54) is 6.26 Å². The summed E-state index contributed by atoms with van der Waals surface area (Å²) in [6, 6.07) is 17.9. The standard InChI is InChI=1S/C29H30N4O4/c1-3-16-35-25-11-10-20-7-4-5-8-22(20)23(25)19-32(2)28(34)21-12-14-33(15-13-21)29-24(18-30)31-27(37-29)26-9-6-17-36-26/h4-11,17,21H,3,12-16,19H2,1-2H3. The van der Waals surface area contributed by atoms with Gasteiger partial charge in [0.2, 0.25) is 17.5 Å². The van der Waals surface area contributed by atoms with Crippen molar-refractivity contribution < 1.29 is 18.4 Å². The largest absolute Gasteiger partial charge is 0.493 e. The highest BCUT2D eigenvalue weighted by atomic mass is 16.5. The molecule has 8 nitrogen and oxygen atoms in total. The fourth-order valence-electron chi connectivity index (χ4n) is 4.89. The molecule has 37 heavy (non-hydrogen) atoms. The van der Waals surface area contributed by atoms with Crippen LogP contribution in [0.15, 0.2) is 63.6 Å². The summed E-state index contributed by atoms with van der Waals surface area (Å²) in [6.45, 7) is 4.40. The lowest BCUT2D eigenvalue weighted by Gasteiger charge is -2.33. The van der Waals surface area contributed by atoms with Gasteiger partial charge in [0.05, 0.1) is 12.9 Å². The number of rotatable bonds is 8. The van der Waals surface area contributed by atoms with E-state index in [0.717, 1.165) is 28.5 Å². The number of fused-ring (bicyclic) bond motifs is 1. The summed E-state index contributed by atoms with van der Waals surface area (Å²) < 4.78 is 17.3. The molecule has 1 fully saturated rings. The van der Waals surface area contributed by atoms with E-state index < -0.39 is 0 Å². The van der Waals surface area contributed by atoms with E-state index >= 15 is 0 Å². The summed E-state index contributed by atoms with van der Waals surface area (Å²) in [4.78, 5) is 21.5. The van der Waals surface area contributed by atoms with Crippen molar-refractivity contribution in [1.82, 2.24) is 9.88 Å². The Hall–Kier alpha value is -4.25. The second-order valence-corrected chi connectivity index (χ2v) is 9.33. The zero-order chi connectivity index (χ0) is 25.8. The molecule has 1 saturated heterocycles. The van der Waals surface area contributed by atoms with Crippen molar-refractivity contribution in [3.05, 3.63) is 66.1 Å². The fraction of sp³-hybridized carbons (Fsp3) is 0.345. The monoisotopic (exact) mass is 498 g/mol. The van der Waals surface area contributed by atoms with Crippen LogP contribution in [-0.4, -0.2) is 42.5 Å². The van der Waals surface area contributed by atoms with Crippen molar-refractivity contribution in [1.29, 1.82) is 5.26 Å². The Bertz CT molecular complexity index is 1410. The van der Waals surface area contributed by atoms with Crippen LogP contribution in [0.2, 0.25) is 0 Å². The smallest absolute Gasteiger partial charge is 0.266 e. The number of hydrogen-bond donors (Lipinski definition) is 0.